The molecule has 0 saturated carbocycles. The maximum atomic E-state index is 9.18. The third-order valence-corrected chi connectivity index (χ3v) is 3.81. The van der Waals surface area contributed by atoms with Crippen molar-refractivity contribution in [3.63, 3.8) is 0 Å². The monoisotopic (exact) mass is 296 g/mol. The summed E-state index contributed by atoms with van der Waals surface area (Å²) in [5, 5.41) is 9.18. The van der Waals surface area contributed by atoms with Gasteiger partial charge in [0.15, 0.2) is 11.5 Å². The summed E-state index contributed by atoms with van der Waals surface area (Å²) in [5.41, 5.74) is 2.93. The van der Waals surface area contributed by atoms with Crippen molar-refractivity contribution in [3.05, 3.63) is 42.5 Å². The summed E-state index contributed by atoms with van der Waals surface area (Å²) < 4.78 is 13.0. The largest absolute Gasteiger partial charge is 0.454 e. The first-order chi connectivity index (χ1) is 10.9. The molecule has 5 nitrogen and oxygen atoms in total. The van der Waals surface area contributed by atoms with Crippen LogP contribution in [-0.2, 0) is 6.54 Å². The Morgan fingerprint density at radius 3 is 2.64 bits per heavy atom. The summed E-state index contributed by atoms with van der Waals surface area (Å²) in [6.07, 6.45) is 0.680. The maximum Gasteiger partial charge on any atom is 0.231 e. The van der Waals surface area contributed by atoms with Gasteiger partial charge in [0.2, 0.25) is 6.79 Å². The number of nitrogens with zero attached hydrogens (tertiary/aromatic N) is 2. The summed E-state index contributed by atoms with van der Waals surface area (Å²) in [6, 6.07) is 13.9. The highest BCUT2D eigenvalue weighted by molar-refractivity contribution is 5.84. The number of rotatable bonds is 4. The maximum absolute atomic E-state index is 9.18. The van der Waals surface area contributed by atoms with E-state index in [0.29, 0.717) is 13.0 Å². The highest BCUT2D eigenvalue weighted by Crippen LogP contribution is 2.37. The second kappa shape index (κ2) is 5.35. The van der Waals surface area contributed by atoms with Crippen molar-refractivity contribution in [2.75, 3.05) is 13.4 Å². The Balaban J connectivity index is 1.91. The molecule has 1 aliphatic rings. The lowest BCUT2D eigenvalue weighted by molar-refractivity contribution is 0.174. The van der Waals surface area contributed by atoms with Crippen molar-refractivity contribution in [2.24, 2.45) is 0 Å². The molecular formula is C17H16N2O3. The summed E-state index contributed by atoms with van der Waals surface area (Å²) in [6.45, 7) is 1.11. The predicted molar refractivity (Wildman–Crippen MR) is 83.0 cm³/mol. The molecule has 1 aliphatic heterocycles. The van der Waals surface area contributed by atoms with Gasteiger partial charge in [-0.05, 0) is 6.42 Å². The van der Waals surface area contributed by atoms with Crippen LogP contribution in [0.1, 0.15) is 6.42 Å². The van der Waals surface area contributed by atoms with E-state index in [2.05, 4.69) is 4.57 Å². The zero-order valence-corrected chi connectivity index (χ0v) is 12.0. The van der Waals surface area contributed by atoms with Gasteiger partial charge in [0.25, 0.3) is 0 Å². The topological polar surface area (TPSA) is 56.5 Å². The van der Waals surface area contributed by atoms with Gasteiger partial charge in [0.05, 0.1) is 11.0 Å². The zero-order valence-electron chi connectivity index (χ0n) is 12.0. The van der Waals surface area contributed by atoms with Gasteiger partial charge in [-0.1, -0.05) is 30.3 Å². The van der Waals surface area contributed by atoms with Crippen LogP contribution in [0.3, 0.4) is 0 Å². The van der Waals surface area contributed by atoms with Crippen molar-refractivity contribution in [2.45, 2.75) is 13.0 Å². The number of hydrogen-bond acceptors (Lipinski definition) is 4. The van der Waals surface area contributed by atoms with E-state index in [-0.39, 0.29) is 13.4 Å². The number of aliphatic hydroxyl groups is 1. The Morgan fingerprint density at radius 2 is 1.86 bits per heavy atom. The van der Waals surface area contributed by atoms with Gasteiger partial charge in [-0.25, -0.2) is 4.98 Å². The van der Waals surface area contributed by atoms with Gasteiger partial charge in [-0.2, -0.15) is 0 Å². The first-order valence-electron chi connectivity index (χ1n) is 7.33. The number of aryl methyl sites for hydroxylation is 1. The molecular weight excluding hydrogens is 280 g/mol. The number of benzene rings is 2. The third kappa shape index (κ3) is 2.10. The zero-order chi connectivity index (χ0) is 14.9. The van der Waals surface area contributed by atoms with Crippen molar-refractivity contribution in [3.8, 4) is 22.9 Å². The molecule has 0 spiro atoms. The average molecular weight is 296 g/mol. The van der Waals surface area contributed by atoms with Gasteiger partial charge in [-0.3, -0.25) is 0 Å². The van der Waals surface area contributed by atoms with E-state index in [0.717, 1.165) is 33.9 Å². The van der Waals surface area contributed by atoms with E-state index in [9.17, 15) is 5.11 Å². The lowest BCUT2D eigenvalue weighted by Gasteiger charge is -2.08. The smallest absolute Gasteiger partial charge is 0.231 e. The van der Waals surface area contributed by atoms with Crippen LogP contribution in [0.4, 0.5) is 0 Å². The van der Waals surface area contributed by atoms with Crippen molar-refractivity contribution in [1.82, 2.24) is 9.55 Å². The minimum atomic E-state index is 0.151. The fraction of sp³-hybridized carbons (Fsp3) is 0.235. The highest BCUT2D eigenvalue weighted by Gasteiger charge is 2.19. The number of aromatic nitrogens is 2. The molecule has 22 heavy (non-hydrogen) atoms. The Labute approximate surface area is 127 Å². The summed E-state index contributed by atoms with van der Waals surface area (Å²) in [5.74, 6) is 2.38. The van der Waals surface area contributed by atoms with E-state index in [1.165, 1.54) is 0 Å². The molecule has 0 amide bonds. The Bertz CT molecular complexity index is 812. The number of imidazole rings is 1. The van der Waals surface area contributed by atoms with Crippen LogP contribution in [0.25, 0.3) is 22.4 Å². The van der Waals surface area contributed by atoms with Gasteiger partial charge in [-0.15, -0.1) is 0 Å². The van der Waals surface area contributed by atoms with Crippen LogP contribution in [-0.4, -0.2) is 28.1 Å². The minimum absolute atomic E-state index is 0.151. The minimum Gasteiger partial charge on any atom is -0.454 e. The third-order valence-electron chi connectivity index (χ3n) is 3.81. The van der Waals surface area contributed by atoms with Crippen LogP contribution in [0.5, 0.6) is 11.5 Å². The fourth-order valence-electron chi connectivity index (χ4n) is 2.78. The Morgan fingerprint density at radius 1 is 1.09 bits per heavy atom. The molecule has 0 atom stereocenters. The van der Waals surface area contributed by atoms with E-state index in [1.54, 1.807) is 0 Å². The summed E-state index contributed by atoms with van der Waals surface area (Å²) in [4.78, 5) is 4.76. The number of hydrogen-bond donors (Lipinski definition) is 1. The molecule has 2 heterocycles. The normalized spacial score (nSPS) is 13.0. The first kappa shape index (κ1) is 13.2. The molecule has 0 bridgehead atoms. The second-order valence-electron chi connectivity index (χ2n) is 5.22. The van der Waals surface area contributed by atoms with Crippen molar-refractivity contribution in [1.29, 1.82) is 0 Å². The second-order valence-corrected chi connectivity index (χ2v) is 5.22. The molecule has 1 N–H and O–H groups in total. The summed E-state index contributed by atoms with van der Waals surface area (Å²) >= 11 is 0. The Hall–Kier alpha value is -2.53. The van der Waals surface area contributed by atoms with Crippen molar-refractivity contribution >= 4 is 11.0 Å². The van der Waals surface area contributed by atoms with E-state index >= 15 is 0 Å². The summed E-state index contributed by atoms with van der Waals surface area (Å²) in [7, 11) is 0. The SMILES string of the molecule is OCCCn1c(-c2ccccc2)nc2cc3c(cc21)OCO3. The van der Waals surface area contributed by atoms with E-state index in [1.807, 2.05) is 42.5 Å². The molecule has 3 aromatic rings. The van der Waals surface area contributed by atoms with Crippen LogP contribution in [0.2, 0.25) is 0 Å². The van der Waals surface area contributed by atoms with Crippen LogP contribution >= 0.6 is 0 Å². The molecule has 0 aliphatic carbocycles. The molecule has 1 aromatic heterocycles. The van der Waals surface area contributed by atoms with Gasteiger partial charge in [0, 0.05) is 30.8 Å². The molecule has 2 aromatic carbocycles. The molecule has 0 fully saturated rings. The fourth-order valence-corrected chi connectivity index (χ4v) is 2.78. The van der Waals surface area contributed by atoms with Gasteiger partial charge >= 0.3 is 0 Å². The van der Waals surface area contributed by atoms with E-state index < -0.39 is 0 Å². The van der Waals surface area contributed by atoms with E-state index in [4.69, 9.17) is 14.5 Å². The highest BCUT2D eigenvalue weighted by atomic mass is 16.7. The van der Waals surface area contributed by atoms with Gasteiger partial charge in [0.1, 0.15) is 5.82 Å². The van der Waals surface area contributed by atoms with Crippen molar-refractivity contribution < 1.29 is 14.6 Å². The van der Waals surface area contributed by atoms with Crippen LogP contribution in [0, 0.1) is 0 Å². The molecule has 112 valence electrons. The first-order valence-corrected chi connectivity index (χ1v) is 7.33. The van der Waals surface area contributed by atoms with Crippen LogP contribution < -0.4 is 9.47 Å². The average Bonchev–Trinajstić information content (AvgIpc) is 3.15. The quantitative estimate of drug-likeness (QED) is 0.804. The lowest BCUT2D eigenvalue weighted by Crippen LogP contribution is -2.02. The number of ether oxygens (including phenoxy) is 2. The molecule has 0 unspecified atom stereocenters. The number of fused-ring (bicyclic) bond motifs is 2. The molecule has 5 heteroatoms. The van der Waals surface area contributed by atoms with Gasteiger partial charge < -0.3 is 19.1 Å². The Kier molecular flexibility index (Phi) is 3.20. The molecule has 0 saturated heterocycles. The predicted octanol–water partition coefficient (Wildman–Crippen LogP) is 2.81. The lowest BCUT2D eigenvalue weighted by atomic mass is 10.2. The standard InChI is InChI=1S/C17H16N2O3/c20-8-4-7-19-14-10-16-15(21-11-22-16)9-13(14)18-17(19)12-5-2-1-3-6-12/h1-3,5-6,9-10,20H,4,7-8,11H2. The molecule has 0 radical (unpaired) electrons. The van der Waals surface area contributed by atoms with Crippen LogP contribution in [0.15, 0.2) is 42.5 Å². The number of aliphatic hydroxyl groups excluding tert-OH is 1. The molecule has 4 rings (SSSR count).